The van der Waals surface area contributed by atoms with E-state index in [0.717, 1.165) is 18.2 Å². The molecule has 4 rings (SSSR count). The number of amides is 2. The SMILES string of the molecule is O=C(c1ccc(F)c(F)c1)N1CCN(C(=O)c2cc(F)cc3[nH]c(=S)[nH]c23)CC1. The zero-order chi connectivity index (χ0) is 20.7. The Labute approximate surface area is 167 Å². The highest BCUT2D eigenvalue weighted by Crippen LogP contribution is 2.21. The second-order valence-electron chi connectivity index (χ2n) is 6.67. The summed E-state index contributed by atoms with van der Waals surface area (Å²) in [6.45, 7) is 0.866. The number of nitrogens with one attached hydrogen (secondary N) is 2. The van der Waals surface area contributed by atoms with Crippen molar-refractivity contribution in [2.75, 3.05) is 26.2 Å². The molecule has 0 saturated carbocycles. The molecule has 2 N–H and O–H groups in total. The van der Waals surface area contributed by atoms with Crippen LogP contribution in [0.15, 0.2) is 30.3 Å². The lowest BCUT2D eigenvalue weighted by Crippen LogP contribution is -2.50. The molecule has 10 heteroatoms. The highest BCUT2D eigenvalue weighted by Gasteiger charge is 2.27. The second-order valence-corrected chi connectivity index (χ2v) is 7.08. The van der Waals surface area contributed by atoms with Crippen LogP contribution in [-0.4, -0.2) is 57.8 Å². The summed E-state index contributed by atoms with van der Waals surface area (Å²) in [5.41, 5.74) is 0.996. The first-order valence-corrected chi connectivity index (χ1v) is 9.19. The molecule has 0 bridgehead atoms. The maximum Gasteiger partial charge on any atom is 0.256 e. The van der Waals surface area contributed by atoms with Crippen molar-refractivity contribution in [1.82, 2.24) is 19.8 Å². The number of carbonyl (C=O) groups is 2. The van der Waals surface area contributed by atoms with Gasteiger partial charge >= 0.3 is 0 Å². The number of carbonyl (C=O) groups excluding carboxylic acids is 2. The molecule has 0 atom stereocenters. The van der Waals surface area contributed by atoms with E-state index in [9.17, 15) is 22.8 Å². The number of halogens is 3. The van der Waals surface area contributed by atoms with Crippen LogP contribution in [0.1, 0.15) is 20.7 Å². The Balaban J connectivity index is 1.50. The molecule has 1 aromatic heterocycles. The van der Waals surface area contributed by atoms with Gasteiger partial charge in [-0.05, 0) is 42.5 Å². The third kappa shape index (κ3) is 3.63. The second kappa shape index (κ2) is 7.36. The molecule has 29 heavy (non-hydrogen) atoms. The van der Waals surface area contributed by atoms with E-state index >= 15 is 0 Å². The summed E-state index contributed by atoms with van der Waals surface area (Å²) >= 11 is 5.01. The number of nitrogens with zero attached hydrogens (tertiary/aromatic N) is 2. The van der Waals surface area contributed by atoms with Gasteiger partial charge in [0.05, 0.1) is 16.6 Å². The summed E-state index contributed by atoms with van der Waals surface area (Å²) in [7, 11) is 0. The summed E-state index contributed by atoms with van der Waals surface area (Å²) in [5, 5.41) is 0. The van der Waals surface area contributed by atoms with Crippen LogP contribution in [0, 0.1) is 22.2 Å². The van der Waals surface area contributed by atoms with Crippen molar-refractivity contribution in [3.8, 4) is 0 Å². The molecule has 1 aliphatic rings. The van der Waals surface area contributed by atoms with E-state index in [1.807, 2.05) is 0 Å². The van der Waals surface area contributed by atoms with E-state index < -0.39 is 23.4 Å². The fourth-order valence-corrected chi connectivity index (χ4v) is 3.58. The Kier molecular flexibility index (Phi) is 4.87. The molecule has 0 aliphatic carbocycles. The van der Waals surface area contributed by atoms with Crippen LogP contribution < -0.4 is 0 Å². The average Bonchev–Trinajstić information content (AvgIpc) is 3.08. The van der Waals surface area contributed by atoms with Crippen LogP contribution in [-0.2, 0) is 0 Å². The van der Waals surface area contributed by atoms with Gasteiger partial charge in [-0.3, -0.25) is 9.59 Å². The normalized spacial score (nSPS) is 14.4. The molecule has 0 spiro atoms. The van der Waals surface area contributed by atoms with Gasteiger partial charge in [0.1, 0.15) is 5.82 Å². The molecule has 150 valence electrons. The van der Waals surface area contributed by atoms with Crippen LogP contribution in [0.4, 0.5) is 13.2 Å². The fourth-order valence-electron chi connectivity index (χ4n) is 3.37. The van der Waals surface area contributed by atoms with Crippen LogP contribution in [0.5, 0.6) is 0 Å². The molecule has 1 aliphatic heterocycles. The predicted molar refractivity (Wildman–Crippen MR) is 102 cm³/mol. The van der Waals surface area contributed by atoms with Gasteiger partial charge in [-0.1, -0.05) is 0 Å². The first kappa shape index (κ1) is 19.2. The van der Waals surface area contributed by atoms with Gasteiger partial charge in [0.25, 0.3) is 11.8 Å². The van der Waals surface area contributed by atoms with Crippen LogP contribution in [0.2, 0.25) is 0 Å². The van der Waals surface area contributed by atoms with Crippen LogP contribution >= 0.6 is 12.2 Å². The highest BCUT2D eigenvalue weighted by molar-refractivity contribution is 7.71. The van der Waals surface area contributed by atoms with Gasteiger partial charge in [-0.2, -0.15) is 0 Å². The summed E-state index contributed by atoms with van der Waals surface area (Å²) in [4.78, 5) is 34.0. The zero-order valence-electron chi connectivity index (χ0n) is 15.0. The number of hydrogen-bond donors (Lipinski definition) is 2. The number of H-pyrrole nitrogens is 2. The van der Waals surface area contributed by atoms with Crippen molar-refractivity contribution in [3.63, 3.8) is 0 Å². The van der Waals surface area contributed by atoms with Crippen LogP contribution in [0.25, 0.3) is 11.0 Å². The molecule has 2 heterocycles. The Morgan fingerprint density at radius 3 is 2.17 bits per heavy atom. The van der Waals surface area contributed by atoms with Gasteiger partial charge < -0.3 is 19.8 Å². The number of imidazole rings is 1. The monoisotopic (exact) mass is 420 g/mol. The number of benzene rings is 2. The molecular formula is C19H15F3N4O2S. The van der Waals surface area contributed by atoms with Crippen molar-refractivity contribution in [3.05, 3.63) is 63.7 Å². The Morgan fingerprint density at radius 2 is 1.52 bits per heavy atom. The molecule has 2 aromatic carbocycles. The minimum absolute atomic E-state index is 0.0374. The van der Waals surface area contributed by atoms with E-state index in [-0.39, 0.29) is 48.0 Å². The van der Waals surface area contributed by atoms with Gasteiger partial charge in [-0.25, -0.2) is 13.2 Å². The van der Waals surface area contributed by atoms with E-state index in [1.165, 1.54) is 21.9 Å². The number of fused-ring (bicyclic) bond motifs is 1. The topological polar surface area (TPSA) is 72.2 Å². The number of piperazine rings is 1. The van der Waals surface area contributed by atoms with Gasteiger partial charge in [0.15, 0.2) is 16.4 Å². The molecule has 3 aromatic rings. The van der Waals surface area contributed by atoms with Crippen molar-refractivity contribution < 1.29 is 22.8 Å². The minimum Gasteiger partial charge on any atom is -0.335 e. The maximum atomic E-state index is 13.9. The van der Waals surface area contributed by atoms with Gasteiger partial charge in [0, 0.05) is 31.7 Å². The number of hydrogen-bond acceptors (Lipinski definition) is 3. The lowest BCUT2D eigenvalue weighted by molar-refractivity contribution is 0.0536. The van der Waals surface area contributed by atoms with Gasteiger partial charge in [-0.15, -0.1) is 0 Å². The average molecular weight is 420 g/mol. The molecule has 2 amide bonds. The molecule has 1 saturated heterocycles. The molecule has 1 fully saturated rings. The Bertz CT molecular complexity index is 1180. The lowest BCUT2D eigenvalue weighted by atomic mass is 10.1. The summed E-state index contributed by atoms with van der Waals surface area (Å²) in [6.07, 6.45) is 0. The molecule has 0 unspecified atom stereocenters. The third-order valence-corrected chi connectivity index (χ3v) is 5.05. The first-order valence-electron chi connectivity index (χ1n) is 8.78. The smallest absolute Gasteiger partial charge is 0.256 e. The summed E-state index contributed by atoms with van der Waals surface area (Å²) in [6, 6.07) is 5.36. The molecule has 0 radical (unpaired) electrons. The Hall–Kier alpha value is -3.14. The van der Waals surface area contributed by atoms with E-state index in [2.05, 4.69) is 9.97 Å². The quantitative estimate of drug-likeness (QED) is 0.626. The lowest BCUT2D eigenvalue weighted by Gasteiger charge is -2.35. The number of aromatic amines is 2. The maximum absolute atomic E-state index is 13.9. The van der Waals surface area contributed by atoms with Crippen molar-refractivity contribution in [2.45, 2.75) is 0 Å². The zero-order valence-corrected chi connectivity index (χ0v) is 15.8. The Morgan fingerprint density at radius 1 is 0.862 bits per heavy atom. The fraction of sp³-hybridized carbons (Fsp3) is 0.211. The van der Waals surface area contributed by atoms with E-state index in [1.54, 1.807) is 0 Å². The highest BCUT2D eigenvalue weighted by atomic mass is 32.1. The van der Waals surface area contributed by atoms with Crippen LogP contribution in [0.3, 0.4) is 0 Å². The summed E-state index contributed by atoms with van der Waals surface area (Å²) in [5.74, 6) is -3.53. The van der Waals surface area contributed by atoms with E-state index in [4.69, 9.17) is 12.2 Å². The predicted octanol–water partition coefficient (Wildman–Crippen LogP) is 3.24. The third-order valence-electron chi connectivity index (χ3n) is 4.84. The molecule has 6 nitrogen and oxygen atoms in total. The van der Waals surface area contributed by atoms with Crippen molar-refractivity contribution in [2.24, 2.45) is 0 Å². The van der Waals surface area contributed by atoms with Crippen molar-refractivity contribution >= 4 is 35.1 Å². The number of aromatic nitrogens is 2. The van der Waals surface area contributed by atoms with Gasteiger partial charge in [0.2, 0.25) is 0 Å². The first-order chi connectivity index (χ1) is 13.8. The number of rotatable bonds is 2. The minimum atomic E-state index is -1.09. The standard InChI is InChI=1S/C19H15F3N4O2S/c20-11-8-12(16-15(9-11)23-19(29)24-16)18(28)26-5-3-25(4-6-26)17(27)10-1-2-13(21)14(22)7-10/h1-2,7-9H,3-6H2,(H2,23,24,29). The van der Waals surface area contributed by atoms with Crippen molar-refractivity contribution in [1.29, 1.82) is 0 Å². The van der Waals surface area contributed by atoms with E-state index in [0.29, 0.717) is 11.0 Å². The summed E-state index contributed by atoms with van der Waals surface area (Å²) < 4.78 is 40.6. The largest absolute Gasteiger partial charge is 0.335 e. The molecular weight excluding hydrogens is 405 g/mol.